The molecular weight excluding hydrogens is 467 g/mol. The Morgan fingerprint density at radius 2 is 1.56 bits per heavy atom. The number of ether oxygens (including phenoxy) is 1. The van der Waals surface area contributed by atoms with Gasteiger partial charge in [-0.1, -0.05) is 12.1 Å². The molecular formula is C24H22F7NO2. The van der Waals surface area contributed by atoms with Gasteiger partial charge in [0.2, 0.25) is 5.91 Å². The van der Waals surface area contributed by atoms with Gasteiger partial charge < -0.3 is 9.64 Å². The Bertz CT molecular complexity index is 1020. The molecule has 4 atom stereocenters. The maximum atomic E-state index is 13.5. The lowest BCUT2D eigenvalue weighted by atomic mass is 9.86. The van der Waals surface area contributed by atoms with Gasteiger partial charge >= 0.3 is 12.4 Å². The summed E-state index contributed by atoms with van der Waals surface area (Å²) in [4.78, 5) is 14.1. The number of piperidine rings is 1. The monoisotopic (exact) mass is 489 g/mol. The number of halogens is 7. The molecule has 2 aliphatic rings. The van der Waals surface area contributed by atoms with E-state index in [1.54, 1.807) is 17.0 Å². The van der Waals surface area contributed by atoms with E-state index in [2.05, 4.69) is 0 Å². The number of alkyl halides is 6. The Hall–Kier alpha value is -2.62. The minimum atomic E-state index is -4.97. The zero-order chi connectivity index (χ0) is 24.8. The third kappa shape index (κ3) is 4.92. The molecule has 2 saturated heterocycles. The summed E-state index contributed by atoms with van der Waals surface area (Å²) in [5.41, 5.74) is -2.40. The molecule has 0 aromatic heterocycles. The molecule has 0 aliphatic carbocycles. The number of fused-ring (bicyclic) bond motifs is 1. The first-order valence-electron chi connectivity index (χ1n) is 10.8. The second kappa shape index (κ2) is 8.87. The first-order chi connectivity index (χ1) is 15.8. The number of amides is 1. The van der Waals surface area contributed by atoms with E-state index in [1.807, 2.05) is 0 Å². The van der Waals surface area contributed by atoms with Crippen molar-refractivity contribution >= 4 is 5.91 Å². The van der Waals surface area contributed by atoms with E-state index in [9.17, 15) is 35.5 Å². The summed E-state index contributed by atoms with van der Waals surface area (Å²) < 4.78 is 99.2. The molecule has 0 radical (unpaired) electrons. The summed E-state index contributed by atoms with van der Waals surface area (Å²) in [6, 6.07) is 6.81. The highest BCUT2D eigenvalue weighted by atomic mass is 19.4. The van der Waals surface area contributed by atoms with E-state index in [-0.39, 0.29) is 36.0 Å². The van der Waals surface area contributed by atoms with Gasteiger partial charge in [0.05, 0.1) is 23.3 Å². The molecule has 2 heterocycles. The van der Waals surface area contributed by atoms with E-state index < -0.39 is 41.5 Å². The molecule has 2 aromatic carbocycles. The van der Waals surface area contributed by atoms with Crippen LogP contribution in [-0.4, -0.2) is 29.5 Å². The van der Waals surface area contributed by atoms with Crippen molar-refractivity contribution in [1.29, 1.82) is 0 Å². The molecule has 0 unspecified atom stereocenters. The van der Waals surface area contributed by atoms with Crippen LogP contribution < -0.4 is 0 Å². The number of benzene rings is 2. The van der Waals surface area contributed by atoms with E-state index in [1.165, 1.54) is 19.1 Å². The predicted molar refractivity (Wildman–Crippen MR) is 108 cm³/mol. The molecule has 0 saturated carbocycles. The SMILES string of the molecule is C[C@@H](O[C@H]1CN2C(=O)CCC[C@H]2[C@@H]1c1ccc(F)cc1)c1cc(C(F)(F)F)cc(C(F)(F)F)c1. The fraction of sp³-hybridized carbons (Fsp3) is 0.458. The van der Waals surface area contributed by atoms with Gasteiger partial charge in [-0.2, -0.15) is 26.3 Å². The van der Waals surface area contributed by atoms with E-state index >= 15 is 0 Å². The molecule has 0 spiro atoms. The first kappa shape index (κ1) is 24.5. The lowest BCUT2D eigenvalue weighted by molar-refractivity contribution is -0.143. The summed E-state index contributed by atoms with van der Waals surface area (Å²) in [5, 5.41) is 0. The van der Waals surface area contributed by atoms with Crippen LogP contribution in [0.4, 0.5) is 30.7 Å². The van der Waals surface area contributed by atoms with E-state index in [4.69, 9.17) is 4.74 Å². The molecule has 3 nitrogen and oxygen atoms in total. The van der Waals surface area contributed by atoms with Gasteiger partial charge in [0.15, 0.2) is 0 Å². The smallest absolute Gasteiger partial charge is 0.368 e. The number of rotatable bonds is 4. The third-order valence-corrected chi connectivity index (χ3v) is 6.52. The van der Waals surface area contributed by atoms with Crippen LogP contribution in [0, 0.1) is 5.82 Å². The lowest BCUT2D eigenvalue weighted by Crippen LogP contribution is -2.40. The summed E-state index contributed by atoms with van der Waals surface area (Å²) in [5.74, 6) is -0.923. The standard InChI is InChI=1S/C24H22F7NO2/c1-13(15-9-16(23(26,27)28)11-17(10-15)24(29,30)31)34-20-12-32-19(3-2-4-21(32)33)22(20)14-5-7-18(25)8-6-14/h5-11,13,19-20,22H,2-4,12H2,1H3/t13-,19+,20+,22+/m1/s1. The van der Waals surface area contributed by atoms with Gasteiger partial charge in [-0.05, 0) is 61.2 Å². The topological polar surface area (TPSA) is 29.5 Å². The Morgan fingerprint density at radius 3 is 2.12 bits per heavy atom. The maximum Gasteiger partial charge on any atom is 0.416 e. The molecule has 2 aromatic rings. The van der Waals surface area contributed by atoms with Crippen LogP contribution >= 0.6 is 0 Å². The van der Waals surface area contributed by atoms with Crippen molar-refractivity contribution in [2.75, 3.05) is 6.54 Å². The van der Waals surface area contributed by atoms with Crippen LogP contribution in [0.5, 0.6) is 0 Å². The average Bonchev–Trinajstić information content (AvgIpc) is 3.12. The quantitative estimate of drug-likeness (QED) is 0.460. The molecule has 0 N–H and O–H groups in total. The number of carbonyl (C=O) groups excluding carboxylic acids is 1. The van der Waals surface area contributed by atoms with Gasteiger partial charge in [0, 0.05) is 24.9 Å². The Kier molecular flexibility index (Phi) is 6.39. The zero-order valence-electron chi connectivity index (χ0n) is 18.1. The maximum absolute atomic E-state index is 13.5. The Labute approximate surface area is 191 Å². The van der Waals surface area contributed by atoms with Crippen molar-refractivity contribution in [3.63, 3.8) is 0 Å². The molecule has 2 aliphatic heterocycles. The van der Waals surface area contributed by atoms with Gasteiger partial charge in [0.1, 0.15) is 5.82 Å². The third-order valence-electron chi connectivity index (χ3n) is 6.52. The van der Waals surface area contributed by atoms with Crippen LogP contribution in [-0.2, 0) is 21.9 Å². The summed E-state index contributed by atoms with van der Waals surface area (Å²) in [6.07, 6.45) is -10.0. The zero-order valence-corrected chi connectivity index (χ0v) is 18.1. The summed E-state index contributed by atoms with van der Waals surface area (Å²) in [6.45, 7) is 1.54. The molecule has 2 fully saturated rings. The van der Waals surface area contributed by atoms with Crippen molar-refractivity contribution in [1.82, 2.24) is 4.90 Å². The fourth-order valence-electron chi connectivity index (χ4n) is 4.92. The molecule has 34 heavy (non-hydrogen) atoms. The Balaban J connectivity index is 1.67. The van der Waals surface area contributed by atoms with Crippen LogP contribution in [0.15, 0.2) is 42.5 Å². The minimum Gasteiger partial charge on any atom is -0.368 e. The van der Waals surface area contributed by atoms with Crippen LogP contribution in [0.2, 0.25) is 0 Å². The number of nitrogens with zero attached hydrogens (tertiary/aromatic N) is 1. The number of hydrogen-bond donors (Lipinski definition) is 0. The lowest BCUT2D eigenvalue weighted by Gasteiger charge is -2.32. The van der Waals surface area contributed by atoms with E-state index in [0.29, 0.717) is 37.0 Å². The highest BCUT2D eigenvalue weighted by Gasteiger charge is 2.47. The molecule has 0 bridgehead atoms. The number of hydrogen-bond acceptors (Lipinski definition) is 2. The summed E-state index contributed by atoms with van der Waals surface area (Å²) in [7, 11) is 0. The highest BCUT2D eigenvalue weighted by Crippen LogP contribution is 2.43. The van der Waals surface area contributed by atoms with Gasteiger partial charge in [-0.3, -0.25) is 4.79 Å². The number of carbonyl (C=O) groups is 1. The van der Waals surface area contributed by atoms with Crippen LogP contribution in [0.3, 0.4) is 0 Å². The largest absolute Gasteiger partial charge is 0.416 e. The summed E-state index contributed by atoms with van der Waals surface area (Å²) >= 11 is 0. The molecule has 4 rings (SSSR count). The second-order valence-corrected chi connectivity index (χ2v) is 8.74. The fourth-order valence-corrected chi connectivity index (χ4v) is 4.92. The Morgan fingerprint density at radius 1 is 0.971 bits per heavy atom. The van der Waals surface area contributed by atoms with Crippen molar-refractivity contribution in [2.24, 2.45) is 0 Å². The first-order valence-corrected chi connectivity index (χ1v) is 10.8. The molecule has 184 valence electrons. The van der Waals surface area contributed by atoms with Crippen LogP contribution in [0.25, 0.3) is 0 Å². The highest BCUT2D eigenvalue weighted by molar-refractivity contribution is 5.78. The van der Waals surface area contributed by atoms with Crippen molar-refractivity contribution in [3.8, 4) is 0 Å². The van der Waals surface area contributed by atoms with Crippen molar-refractivity contribution in [2.45, 2.75) is 62.7 Å². The molecule has 1 amide bonds. The van der Waals surface area contributed by atoms with Gasteiger partial charge in [-0.15, -0.1) is 0 Å². The van der Waals surface area contributed by atoms with Gasteiger partial charge in [-0.25, -0.2) is 4.39 Å². The normalized spacial score (nSPS) is 24.3. The van der Waals surface area contributed by atoms with E-state index in [0.717, 1.165) is 0 Å². The average molecular weight is 489 g/mol. The van der Waals surface area contributed by atoms with Gasteiger partial charge in [0.25, 0.3) is 0 Å². The second-order valence-electron chi connectivity index (χ2n) is 8.74. The predicted octanol–water partition coefficient (Wildman–Crippen LogP) is 6.49. The van der Waals surface area contributed by atoms with Crippen LogP contribution in [0.1, 0.15) is 60.5 Å². The minimum absolute atomic E-state index is 0.0754. The van der Waals surface area contributed by atoms with Crippen molar-refractivity contribution in [3.05, 3.63) is 70.5 Å². The van der Waals surface area contributed by atoms with Crippen molar-refractivity contribution < 1.29 is 40.3 Å². The molecule has 10 heteroatoms.